The van der Waals surface area contributed by atoms with E-state index in [0.29, 0.717) is 17.1 Å². The minimum atomic E-state index is -0.654. The number of Topliss-reactive ketones (excluding diaryl/α,β-unsaturated/α-hetero) is 1. The van der Waals surface area contributed by atoms with Crippen molar-refractivity contribution in [1.82, 2.24) is 4.90 Å². The molecule has 2 atom stereocenters. The third kappa shape index (κ3) is 4.07. The van der Waals surface area contributed by atoms with Crippen molar-refractivity contribution < 1.29 is 19.4 Å². The Kier molecular flexibility index (Phi) is 6.05. The molecule has 162 valence electrons. The highest BCUT2D eigenvalue weighted by molar-refractivity contribution is 6.46. The Morgan fingerprint density at radius 1 is 1.16 bits per heavy atom. The zero-order valence-electron chi connectivity index (χ0n) is 17.7. The number of aliphatic hydroxyl groups excluding tert-OH is 1. The van der Waals surface area contributed by atoms with Crippen LogP contribution in [0.5, 0.6) is 5.75 Å². The summed E-state index contributed by atoms with van der Waals surface area (Å²) in [5.74, 6) is -0.591. The van der Waals surface area contributed by atoms with Crippen LogP contribution in [0.4, 0.5) is 0 Å². The highest BCUT2D eigenvalue weighted by atomic mass is 35.5. The topological polar surface area (TPSA) is 66.8 Å². The maximum Gasteiger partial charge on any atom is 0.295 e. The number of ketones is 1. The van der Waals surface area contributed by atoms with Crippen LogP contribution in [-0.4, -0.2) is 34.3 Å². The van der Waals surface area contributed by atoms with Gasteiger partial charge in [-0.25, -0.2) is 0 Å². The second-order valence-electron chi connectivity index (χ2n) is 8.21. The molecule has 1 amide bonds. The molecule has 2 aliphatic rings. The Balaban J connectivity index is 1.79. The van der Waals surface area contributed by atoms with Crippen LogP contribution in [0.1, 0.15) is 55.8 Å². The van der Waals surface area contributed by atoms with Gasteiger partial charge >= 0.3 is 0 Å². The van der Waals surface area contributed by atoms with E-state index in [0.717, 1.165) is 42.6 Å². The van der Waals surface area contributed by atoms with Gasteiger partial charge in [-0.1, -0.05) is 43.5 Å². The summed E-state index contributed by atoms with van der Waals surface area (Å²) >= 11 is 6.05. The van der Waals surface area contributed by atoms with E-state index in [4.69, 9.17) is 16.3 Å². The molecule has 4 rings (SSSR count). The van der Waals surface area contributed by atoms with E-state index in [2.05, 4.69) is 6.92 Å². The van der Waals surface area contributed by atoms with Crippen LogP contribution in [-0.2, 0) is 16.0 Å². The first-order chi connectivity index (χ1) is 14.9. The monoisotopic (exact) mass is 439 g/mol. The fourth-order valence-corrected chi connectivity index (χ4v) is 4.49. The first kappa shape index (κ1) is 21.4. The molecule has 2 unspecified atom stereocenters. The number of benzene rings is 2. The number of nitrogens with zero attached hydrogens (tertiary/aromatic N) is 1. The van der Waals surface area contributed by atoms with Crippen molar-refractivity contribution in [1.29, 1.82) is 0 Å². The van der Waals surface area contributed by atoms with Gasteiger partial charge in [-0.05, 0) is 54.8 Å². The molecule has 0 spiro atoms. The zero-order chi connectivity index (χ0) is 22.1. The largest absolute Gasteiger partial charge is 0.507 e. The fourth-order valence-electron chi connectivity index (χ4n) is 4.36. The number of hydrogen-bond donors (Lipinski definition) is 1. The SMILES string of the molecule is CCCCCN1C(=O)C(=O)/C(=C(\O)c2ccc3c(c2)CC(C)O3)C1c1ccc(Cl)cc1. The van der Waals surface area contributed by atoms with E-state index < -0.39 is 17.7 Å². The van der Waals surface area contributed by atoms with E-state index >= 15 is 0 Å². The Hall–Kier alpha value is -2.79. The van der Waals surface area contributed by atoms with Gasteiger partial charge in [-0.2, -0.15) is 0 Å². The summed E-state index contributed by atoms with van der Waals surface area (Å²) in [6.45, 7) is 4.53. The first-order valence-electron chi connectivity index (χ1n) is 10.7. The van der Waals surface area contributed by atoms with Crippen molar-refractivity contribution in [2.75, 3.05) is 6.54 Å². The summed E-state index contributed by atoms with van der Waals surface area (Å²) in [5, 5.41) is 11.8. The van der Waals surface area contributed by atoms with Crippen LogP contribution >= 0.6 is 11.6 Å². The van der Waals surface area contributed by atoms with Gasteiger partial charge < -0.3 is 14.7 Å². The lowest BCUT2D eigenvalue weighted by atomic mass is 9.94. The van der Waals surface area contributed by atoms with Crippen molar-refractivity contribution in [2.24, 2.45) is 0 Å². The number of amides is 1. The maximum absolute atomic E-state index is 13.0. The molecule has 0 saturated carbocycles. The number of unbranched alkanes of at least 4 members (excludes halogenated alkanes) is 2. The smallest absolute Gasteiger partial charge is 0.295 e. The molecule has 0 radical (unpaired) electrons. The molecular formula is C25H26ClNO4. The van der Waals surface area contributed by atoms with Gasteiger partial charge in [0.2, 0.25) is 0 Å². The predicted molar refractivity (Wildman–Crippen MR) is 120 cm³/mol. The van der Waals surface area contributed by atoms with Gasteiger partial charge in [-0.15, -0.1) is 0 Å². The third-order valence-electron chi connectivity index (χ3n) is 5.90. The van der Waals surface area contributed by atoms with Crippen LogP contribution in [0.3, 0.4) is 0 Å². The van der Waals surface area contributed by atoms with Gasteiger partial charge in [0.15, 0.2) is 0 Å². The Bertz CT molecular complexity index is 1040. The van der Waals surface area contributed by atoms with Gasteiger partial charge in [0.25, 0.3) is 11.7 Å². The summed E-state index contributed by atoms with van der Waals surface area (Å²) in [7, 11) is 0. The number of carbonyl (C=O) groups excluding carboxylic acids is 2. The number of ether oxygens (including phenoxy) is 1. The number of carbonyl (C=O) groups is 2. The summed E-state index contributed by atoms with van der Waals surface area (Å²) in [6, 6.07) is 11.8. The normalized spacial score (nSPS) is 22.0. The second-order valence-corrected chi connectivity index (χ2v) is 8.64. The lowest BCUT2D eigenvalue weighted by Gasteiger charge is -2.25. The van der Waals surface area contributed by atoms with E-state index in [1.165, 1.54) is 0 Å². The lowest BCUT2D eigenvalue weighted by Crippen LogP contribution is -2.30. The Morgan fingerprint density at radius 2 is 1.90 bits per heavy atom. The van der Waals surface area contributed by atoms with Crippen molar-refractivity contribution in [3.8, 4) is 5.75 Å². The van der Waals surface area contributed by atoms with E-state index in [1.807, 2.05) is 19.1 Å². The molecule has 2 aromatic rings. The number of aliphatic hydroxyl groups is 1. The van der Waals surface area contributed by atoms with Crippen molar-refractivity contribution in [3.63, 3.8) is 0 Å². The molecule has 1 saturated heterocycles. The van der Waals surface area contributed by atoms with E-state index in [1.54, 1.807) is 35.2 Å². The quantitative estimate of drug-likeness (QED) is 0.288. The van der Waals surface area contributed by atoms with Gasteiger partial charge in [0, 0.05) is 23.6 Å². The van der Waals surface area contributed by atoms with Crippen LogP contribution in [0.15, 0.2) is 48.0 Å². The second kappa shape index (κ2) is 8.75. The molecule has 2 aromatic carbocycles. The van der Waals surface area contributed by atoms with Crippen molar-refractivity contribution in [2.45, 2.75) is 51.7 Å². The van der Waals surface area contributed by atoms with E-state index in [9.17, 15) is 14.7 Å². The minimum Gasteiger partial charge on any atom is -0.507 e. The van der Waals surface area contributed by atoms with Crippen LogP contribution in [0.25, 0.3) is 5.76 Å². The summed E-state index contributed by atoms with van der Waals surface area (Å²) in [6.07, 6.45) is 3.57. The summed E-state index contributed by atoms with van der Waals surface area (Å²) in [4.78, 5) is 27.5. The Morgan fingerprint density at radius 3 is 2.61 bits per heavy atom. The maximum atomic E-state index is 13.0. The van der Waals surface area contributed by atoms with E-state index in [-0.39, 0.29) is 17.4 Å². The summed E-state index contributed by atoms with van der Waals surface area (Å²) in [5.41, 5.74) is 2.37. The molecule has 0 aromatic heterocycles. The molecule has 2 heterocycles. The molecule has 31 heavy (non-hydrogen) atoms. The number of fused-ring (bicyclic) bond motifs is 1. The van der Waals surface area contributed by atoms with Crippen LogP contribution < -0.4 is 4.74 Å². The number of rotatable bonds is 6. The molecule has 1 fully saturated rings. The molecule has 0 bridgehead atoms. The molecular weight excluding hydrogens is 414 g/mol. The summed E-state index contributed by atoms with van der Waals surface area (Å²) < 4.78 is 5.74. The Labute approximate surface area is 187 Å². The molecule has 6 heteroatoms. The number of likely N-dealkylation sites (tertiary alicyclic amines) is 1. The highest BCUT2D eigenvalue weighted by Gasteiger charge is 2.45. The van der Waals surface area contributed by atoms with Crippen LogP contribution in [0.2, 0.25) is 5.02 Å². The number of hydrogen-bond acceptors (Lipinski definition) is 4. The average molecular weight is 440 g/mol. The average Bonchev–Trinajstić information content (AvgIpc) is 3.25. The molecule has 0 aliphatic carbocycles. The predicted octanol–water partition coefficient (Wildman–Crippen LogP) is 5.28. The van der Waals surface area contributed by atoms with Crippen molar-refractivity contribution >= 4 is 29.1 Å². The van der Waals surface area contributed by atoms with Crippen LogP contribution in [0, 0.1) is 0 Å². The van der Waals surface area contributed by atoms with Gasteiger partial charge in [0.1, 0.15) is 17.6 Å². The fraction of sp³-hybridized carbons (Fsp3) is 0.360. The standard InChI is InChI=1S/C25H26ClNO4/c1-3-4-5-12-27-22(16-6-9-19(26)10-7-16)21(24(29)25(27)30)23(28)17-8-11-20-18(14-17)13-15(2)31-20/h6-11,14-15,22,28H,3-5,12-13H2,1-2H3/b23-21-. The first-order valence-corrected chi connectivity index (χ1v) is 11.1. The zero-order valence-corrected chi connectivity index (χ0v) is 18.5. The van der Waals surface area contributed by atoms with Gasteiger partial charge in [0.05, 0.1) is 11.6 Å². The highest BCUT2D eigenvalue weighted by Crippen LogP contribution is 2.41. The van der Waals surface area contributed by atoms with Crippen molar-refractivity contribution in [3.05, 3.63) is 69.8 Å². The van der Waals surface area contributed by atoms with Gasteiger partial charge in [-0.3, -0.25) is 9.59 Å². The molecule has 5 nitrogen and oxygen atoms in total. The molecule has 1 N–H and O–H groups in total. The minimum absolute atomic E-state index is 0.0746. The lowest BCUT2D eigenvalue weighted by molar-refractivity contribution is -0.139. The molecule has 2 aliphatic heterocycles. The third-order valence-corrected chi connectivity index (χ3v) is 6.15. The number of halogens is 1.